The molecule has 6 heteroatoms. The molecule has 3 unspecified atom stereocenters. The van der Waals surface area contributed by atoms with E-state index in [1.807, 2.05) is 0 Å². The monoisotopic (exact) mass is 492 g/mol. The number of hydrogen-bond acceptors (Lipinski definition) is 3. The highest BCUT2D eigenvalue weighted by Gasteiger charge is 2.59. The second-order valence-electron chi connectivity index (χ2n) is 8.91. The van der Waals surface area contributed by atoms with E-state index in [4.69, 9.17) is 9.73 Å². The Bertz CT molecular complexity index is 465. The largest absolute Gasteiger partial charge is 0.377 e. The summed E-state index contributed by atoms with van der Waals surface area (Å²) in [6.07, 6.45) is 9.62. The van der Waals surface area contributed by atoms with Crippen LogP contribution in [0.2, 0.25) is 0 Å². The molecule has 0 spiro atoms. The number of rotatable bonds is 8. The van der Waals surface area contributed by atoms with Crippen molar-refractivity contribution in [2.24, 2.45) is 16.3 Å². The predicted molar refractivity (Wildman–Crippen MR) is 124 cm³/mol. The van der Waals surface area contributed by atoms with Gasteiger partial charge in [-0.05, 0) is 58.7 Å². The van der Waals surface area contributed by atoms with E-state index in [-0.39, 0.29) is 29.4 Å². The van der Waals surface area contributed by atoms with Gasteiger partial charge in [0.05, 0.1) is 6.10 Å². The third-order valence-corrected chi connectivity index (χ3v) is 6.59. The van der Waals surface area contributed by atoms with E-state index in [1.165, 1.54) is 64.6 Å². The number of halogens is 1. The topological polar surface area (TPSA) is 48.9 Å². The Morgan fingerprint density at radius 2 is 1.93 bits per heavy atom. The molecule has 3 rings (SSSR count). The molecule has 3 fully saturated rings. The zero-order valence-corrected chi connectivity index (χ0v) is 20.0. The van der Waals surface area contributed by atoms with Crippen LogP contribution in [-0.4, -0.2) is 62.3 Å². The number of hydrogen-bond donors (Lipinski definition) is 2. The summed E-state index contributed by atoms with van der Waals surface area (Å²) in [6, 6.07) is 0.479. The molecule has 1 saturated carbocycles. The summed E-state index contributed by atoms with van der Waals surface area (Å²) < 4.78 is 5.91. The molecule has 0 aromatic rings. The van der Waals surface area contributed by atoms with Crippen molar-refractivity contribution in [3.8, 4) is 0 Å². The van der Waals surface area contributed by atoms with Crippen LogP contribution < -0.4 is 10.6 Å². The minimum Gasteiger partial charge on any atom is -0.377 e. The molecule has 2 aliphatic heterocycles. The zero-order valence-electron chi connectivity index (χ0n) is 17.6. The lowest BCUT2D eigenvalue weighted by atomic mass is 9.57. The van der Waals surface area contributed by atoms with Gasteiger partial charge in [-0.15, -0.1) is 24.0 Å². The number of aliphatic imine (C=N–C) groups is 1. The number of fused-ring (bicyclic) bond motifs is 1. The first-order valence-corrected chi connectivity index (χ1v) is 11.0. The van der Waals surface area contributed by atoms with Gasteiger partial charge in [0.15, 0.2) is 5.96 Å². The predicted octanol–water partition coefficient (Wildman–Crippen LogP) is 3.63. The van der Waals surface area contributed by atoms with Gasteiger partial charge in [-0.2, -0.15) is 0 Å². The first-order valence-electron chi connectivity index (χ1n) is 11.0. The molecule has 2 N–H and O–H groups in total. The van der Waals surface area contributed by atoms with Crippen LogP contribution in [0.3, 0.4) is 0 Å². The molecule has 0 radical (unpaired) electrons. The van der Waals surface area contributed by atoms with E-state index in [0.29, 0.717) is 18.1 Å². The summed E-state index contributed by atoms with van der Waals surface area (Å²) in [4.78, 5) is 7.48. The first kappa shape index (κ1) is 23.2. The summed E-state index contributed by atoms with van der Waals surface area (Å²) in [5, 5.41) is 7.14. The van der Waals surface area contributed by atoms with Gasteiger partial charge >= 0.3 is 0 Å². The molecule has 2 saturated heterocycles. The molecule has 0 aromatic carbocycles. The molecule has 1 aliphatic carbocycles. The maximum atomic E-state index is 5.91. The third kappa shape index (κ3) is 5.95. The van der Waals surface area contributed by atoms with Gasteiger partial charge in [-0.25, -0.2) is 0 Å². The Balaban J connectivity index is 0.00000261. The number of guanidine groups is 1. The van der Waals surface area contributed by atoms with Gasteiger partial charge in [0.2, 0.25) is 0 Å². The van der Waals surface area contributed by atoms with Crippen molar-refractivity contribution in [3.05, 3.63) is 0 Å². The quantitative estimate of drug-likeness (QED) is 0.235. The maximum absolute atomic E-state index is 5.91. The van der Waals surface area contributed by atoms with Gasteiger partial charge in [0.25, 0.3) is 0 Å². The molecule has 3 aliphatic rings. The first-order chi connectivity index (χ1) is 12.6. The van der Waals surface area contributed by atoms with E-state index in [2.05, 4.69) is 36.3 Å². The number of nitrogens with zero attached hydrogens (tertiary/aromatic N) is 2. The fourth-order valence-corrected chi connectivity index (χ4v) is 5.08. The smallest absolute Gasteiger partial charge is 0.191 e. The van der Waals surface area contributed by atoms with E-state index in [9.17, 15) is 0 Å². The molecule has 0 bridgehead atoms. The molecule has 27 heavy (non-hydrogen) atoms. The minimum absolute atomic E-state index is 0. The van der Waals surface area contributed by atoms with Gasteiger partial charge in [0, 0.05) is 37.1 Å². The van der Waals surface area contributed by atoms with Gasteiger partial charge in [-0.3, -0.25) is 4.99 Å². The Morgan fingerprint density at radius 3 is 2.67 bits per heavy atom. The number of unbranched alkanes of at least 4 members (excludes halogenated alkanes) is 2. The standard InChI is InChI=1S/C21H40N4O.HI/c1-4-22-20(24-18-17-11-16-26-19(17)21(18,2)3)23-12-7-5-8-13-25-14-9-6-10-15-25;/h17-19H,4-16H2,1-3H3,(H2,22,23,24);1H. The van der Waals surface area contributed by atoms with Crippen LogP contribution in [0.5, 0.6) is 0 Å². The average molecular weight is 492 g/mol. The van der Waals surface area contributed by atoms with Crippen LogP contribution >= 0.6 is 24.0 Å². The van der Waals surface area contributed by atoms with Crippen molar-refractivity contribution in [3.63, 3.8) is 0 Å². The molecular formula is C21H41IN4O. The number of piperidine rings is 1. The van der Waals surface area contributed by atoms with Crippen LogP contribution in [0.25, 0.3) is 0 Å². The summed E-state index contributed by atoms with van der Waals surface area (Å²) >= 11 is 0. The third-order valence-electron chi connectivity index (χ3n) is 6.59. The zero-order chi connectivity index (χ0) is 18.4. The van der Waals surface area contributed by atoms with Crippen LogP contribution in [0.15, 0.2) is 4.99 Å². The summed E-state index contributed by atoms with van der Waals surface area (Å²) in [6.45, 7) is 13.5. The van der Waals surface area contributed by atoms with Crippen molar-refractivity contribution < 1.29 is 4.74 Å². The second kappa shape index (κ2) is 11.2. The van der Waals surface area contributed by atoms with E-state index in [0.717, 1.165) is 25.7 Å². The maximum Gasteiger partial charge on any atom is 0.191 e. The van der Waals surface area contributed by atoms with E-state index in [1.54, 1.807) is 0 Å². The molecule has 0 aromatic heterocycles. The lowest BCUT2D eigenvalue weighted by molar-refractivity contribution is -0.106. The molecule has 0 amide bonds. The number of nitrogens with one attached hydrogen (secondary N) is 2. The fraction of sp³-hybridized carbons (Fsp3) is 0.952. The summed E-state index contributed by atoms with van der Waals surface area (Å²) in [5.41, 5.74) is 0.200. The van der Waals surface area contributed by atoms with Crippen LogP contribution in [0.1, 0.15) is 65.7 Å². The van der Waals surface area contributed by atoms with Crippen molar-refractivity contribution in [2.45, 2.75) is 77.9 Å². The SMILES string of the molecule is CCNC(=NCCCCCN1CCCCC1)NC1C2CCOC2C1(C)C.I. The van der Waals surface area contributed by atoms with Gasteiger partial charge in [0.1, 0.15) is 0 Å². The van der Waals surface area contributed by atoms with Crippen LogP contribution in [-0.2, 0) is 4.74 Å². The minimum atomic E-state index is 0. The van der Waals surface area contributed by atoms with Crippen molar-refractivity contribution >= 4 is 29.9 Å². The lowest BCUT2D eigenvalue weighted by Gasteiger charge is -2.54. The summed E-state index contributed by atoms with van der Waals surface area (Å²) in [5.74, 6) is 1.64. The molecule has 158 valence electrons. The fourth-order valence-electron chi connectivity index (χ4n) is 5.08. The van der Waals surface area contributed by atoms with Gasteiger partial charge in [-0.1, -0.05) is 26.7 Å². The Hall–Kier alpha value is -0.0800. The Morgan fingerprint density at radius 1 is 1.15 bits per heavy atom. The van der Waals surface area contributed by atoms with Crippen LogP contribution in [0.4, 0.5) is 0 Å². The Kier molecular flexibility index (Phi) is 9.62. The normalized spacial score (nSPS) is 30.2. The van der Waals surface area contributed by atoms with Gasteiger partial charge < -0.3 is 20.3 Å². The highest BCUT2D eigenvalue weighted by Crippen LogP contribution is 2.52. The number of ether oxygens (including phenoxy) is 1. The van der Waals surface area contributed by atoms with Crippen molar-refractivity contribution in [1.82, 2.24) is 15.5 Å². The van der Waals surface area contributed by atoms with E-state index < -0.39 is 0 Å². The molecular weight excluding hydrogens is 451 g/mol. The number of likely N-dealkylation sites (tertiary alicyclic amines) is 1. The Labute approximate surface area is 183 Å². The molecule has 3 atom stereocenters. The highest BCUT2D eigenvalue weighted by atomic mass is 127. The molecule has 5 nitrogen and oxygen atoms in total. The average Bonchev–Trinajstić information content (AvgIpc) is 3.10. The highest BCUT2D eigenvalue weighted by molar-refractivity contribution is 14.0. The summed E-state index contributed by atoms with van der Waals surface area (Å²) in [7, 11) is 0. The van der Waals surface area contributed by atoms with Crippen molar-refractivity contribution in [2.75, 3.05) is 39.3 Å². The van der Waals surface area contributed by atoms with Crippen molar-refractivity contribution in [1.29, 1.82) is 0 Å². The van der Waals surface area contributed by atoms with E-state index >= 15 is 0 Å². The second-order valence-corrected chi connectivity index (χ2v) is 8.91. The van der Waals surface area contributed by atoms with Crippen LogP contribution in [0, 0.1) is 11.3 Å². The lowest BCUT2D eigenvalue weighted by Crippen LogP contribution is -2.67. The molecule has 2 heterocycles.